The van der Waals surface area contributed by atoms with E-state index in [1.165, 1.54) is 10.8 Å². The van der Waals surface area contributed by atoms with Crippen LogP contribution in [0.5, 0.6) is 0 Å². The van der Waals surface area contributed by atoms with Crippen LogP contribution in [0.25, 0.3) is 0 Å². The van der Waals surface area contributed by atoms with E-state index < -0.39 is 18.0 Å². The van der Waals surface area contributed by atoms with Crippen molar-refractivity contribution in [1.29, 1.82) is 0 Å². The van der Waals surface area contributed by atoms with Gasteiger partial charge >= 0.3 is 5.69 Å². The topological polar surface area (TPSA) is 110 Å². The van der Waals surface area contributed by atoms with Gasteiger partial charge in [-0.05, 0) is 6.42 Å². The van der Waals surface area contributed by atoms with Crippen LogP contribution in [0.15, 0.2) is 15.8 Å². The first-order valence-electron chi connectivity index (χ1n) is 6.43. The highest BCUT2D eigenvalue weighted by Crippen LogP contribution is 2.25. The summed E-state index contributed by atoms with van der Waals surface area (Å²) in [6, 6.07) is -0.316. The summed E-state index contributed by atoms with van der Waals surface area (Å²) in [6.07, 6.45) is 2.36. The average Bonchev–Trinajstić information content (AvgIpc) is 2.74. The molecule has 7 heteroatoms. The maximum absolute atomic E-state index is 11.8. The van der Waals surface area contributed by atoms with Gasteiger partial charge in [-0.2, -0.15) is 0 Å². The zero-order chi connectivity index (χ0) is 14.0. The van der Waals surface area contributed by atoms with Crippen molar-refractivity contribution in [2.24, 2.45) is 5.73 Å². The summed E-state index contributed by atoms with van der Waals surface area (Å²) in [5.74, 6) is 0. The highest BCUT2D eigenvalue weighted by molar-refractivity contribution is 5.05. The van der Waals surface area contributed by atoms with Crippen LogP contribution < -0.4 is 17.0 Å². The predicted octanol–water partition coefficient (Wildman–Crippen LogP) is -0.904. The molecule has 1 aromatic heterocycles. The van der Waals surface area contributed by atoms with Crippen molar-refractivity contribution in [2.45, 2.75) is 44.6 Å². The first-order valence-corrected chi connectivity index (χ1v) is 6.43. The molecular formula is C12H19N3O4. The number of aryl methyl sites for hydroxylation is 1. The van der Waals surface area contributed by atoms with Gasteiger partial charge in [-0.25, -0.2) is 4.79 Å². The van der Waals surface area contributed by atoms with Crippen LogP contribution in [0.3, 0.4) is 0 Å². The Bertz CT molecular complexity index is 551. The van der Waals surface area contributed by atoms with E-state index in [1.54, 1.807) is 0 Å². The Morgan fingerprint density at radius 3 is 2.89 bits per heavy atom. The second-order valence-corrected chi connectivity index (χ2v) is 4.78. The number of aliphatic hydroxyl groups excluding tert-OH is 1. The van der Waals surface area contributed by atoms with Crippen molar-refractivity contribution in [1.82, 2.24) is 9.55 Å². The van der Waals surface area contributed by atoms with E-state index in [-0.39, 0.29) is 18.2 Å². The molecular weight excluding hydrogens is 250 g/mol. The number of aromatic amines is 1. The number of nitrogens with one attached hydrogen (secondary N) is 1. The third kappa shape index (κ3) is 2.78. The van der Waals surface area contributed by atoms with Crippen molar-refractivity contribution in [3.63, 3.8) is 0 Å². The minimum atomic E-state index is -0.535. The number of nitrogens with zero attached hydrogens (tertiary/aromatic N) is 1. The third-order valence-corrected chi connectivity index (χ3v) is 3.33. The maximum Gasteiger partial charge on any atom is 0.330 e. The highest BCUT2D eigenvalue weighted by Gasteiger charge is 2.33. The lowest BCUT2D eigenvalue weighted by atomic mass is 10.1. The maximum atomic E-state index is 11.8. The molecule has 0 unspecified atom stereocenters. The van der Waals surface area contributed by atoms with Gasteiger partial charge in [0.1, 0.15) is 6.23 Å². The molecule has 106 valence electrons. The van der Waals surface area contributed by atoms with Crippen LogP contribution in [0.2, 0.25) is 0 Å². The molecule has 1 aliphatic heterocycles. The van der Waals surface area contributed by atoms with Gasteiger partial charge in [0.05, 0.1) is 12.7 Å². The number of H-pyrrole nitrogens is 1. The molecule has 0 radical (unpaired) electrons. The summed E-state index contributed by atoms with van der Waals surface area (Å²) < 4.78 is 6.88. The van der Waals surface area contributed by atoms with Crippen LogP contribution in [0, 0.1) is 0 Å². The molecule has 2 rings (SSSR count). The lowest BCUT2D eigenvalue weighted by molar-refractivity contribution is -0.0272. The molecule has 1 fully saturated rings. The zero-order valence-electron chi connectivity index (χ0n) is 10.8. The SMILES string of the molecule is CCCc1cn([C@H]2C[C@H](N)[C@@H](CO)O2)c(=O)[nH]c1=O. The number of aromatic nitrogens is 2. The normalized spacial score (nSPS) is 26.8. The molecule has 0 aromatic carbocycles. The molecule has 3 atom stereocenters. The number of hydrogen-bond donors (Lipinski definition) is 3. The average molecular weight is 269 g/mol. The van der Waals surface area contributed by atoms with E-state index in [4.69, 9.17) is 15.6 Å². The molecule has 4 N–H and O–H groups in total. The Balaban J connectivity index is 2.33. The number of ether oxygens (including phenoxy) is 1. The highest BCUT2D eigenvalue weighted by atomic mass is 16.5. The molecule has 0 bridgehead atoms. The molecule has 19 heavy (non-hydrogen) atoms. The van der Waals surface area contributed by atoms with E-state index >= 15 is 0 Å². The molecule has 1 aliphatic rings. The van der Waals surface area contributed by atoms with Crippen molar-refractivity contribution in [3.05, 3.63) is 32.6 Å². The Kier molecular flexibility index (Phi) is 4.18. The lowest BCUT2D eigenvalue weighted by Crippen LogP contribution is -2.34. The molecule has 0 spiro atoms. The van der Waals surface area contributed by atoms with Crippen molar-refractivity contribution >= 4 is 0 Å². The summed E-state index contributed by atoms with van der Waals surface area (Å²) in [5.41, 5.74) is 5.50. The van der Waals surface area contributed by atoms with Crippen molar-refractivity contribution in [3.8, 4) is 0 Å². The molecule has 7 nitrogen and oxygen atoms in total. The molecule has 0 amide bonds. The van der Waals surface area contributed by atoms with Gasteiger partial charge in [0.25, 0.3) is 5.56 Å². The first kappa shape index (κ1) is 14.0. The Hall–Kier alpha value is -1.44. The van der Waals surface area contributed by atoms with E-state index in [0.29, 0.717) is 18.4 Å². The van der Waals surface area contributed by atoms with Gasteiger partial charge in [-0.1, -0.05) is 13.3 Å². The van der Waals surface area contributed by atoms with E-state index in [0.717, 1.165) is 6.42 Å². The molecule has 0 saturated carbocycles. The minimum Gasteiger partial charge on any atom is -0.394 e. The van der Waals surface area contributed by atoms with Gasteiger partial charge in [0.2, 0.25) is 0 Å². The quantitative estimate of drug-likeness (QED) is 0.656. The summed E-state index contributed by atoms with van der Waals surface area (Å²) in [5, 5.41) is 9.10. The van der Waals surface area contributed by atoms with Crippen molar-refractivity contribution < 1.29 is 9.84 Å². The molecule has 2 heterocycles. The standard InChI is InChI=1S/C12H19N3O4/c1-2-3-7-5-15(12(18)14-11(7)17)10-4-8(13)9(6-16)19-10/h5,8-10,16H,2-4,6,13H2,1H3,(H,14,17,18)/t8-,9+,10+/m0/s1. The van der Waals surface area contributed by atoms with Gasteiger partial charge in [-0.15, -0.1) is 0 Å². The fourth-order valence-electron chi connectivity index (χ4n) is 2.29. The van der Waals surface area contributed by atoms with Gasteiger partial charge < -0.3 is 15.6 Å². The van der Waals surface area contributed by atoms with Crippen LogP contribution in [0.1, 0.15) is 31.6 Å². The molecule has 1 saturated heterocycles. The summed E-state index contributed by atoms with van der Waals surface area (Å²) in [6.45, 7) is 1.77. The lowest BCUT2D eigenvalue weighted by Gasteiger charge is -2.15. The Morgan fingerprint density at radius 2 is 2.32 bits per heavy atom. The smallest absolute Gasteiger partial charge is 0.330 e. The van der Waals surface area contributed by atoms with E-state index in [2.05, 4.69) is 4.98 Å². The second kappa shape index (κ2) is 5.68. The Morgan fingerprint density at radius 1 is 1.58 bits per heavy atom. The first-order chi connectivity index (χ1) is 9.06. The number of hydrogen-bond acceptors (Lipinski definition) is 5. The largest absolute Gasteiger partial charge is 0.394 e. The fraction of sp³-hybridized carbons (Fsp3) is 0.667. The summed E-state index contributed by atoms with van der Waals surface area (Å²) in [4.78, 5) is 25.7. The van der Waals surface area contributed by atoms with Gasteiger partial charge in [-0.3, -0.25) is 14.3 Å². The monoisotopic (exact) mass is 269 g/mol. The number of aliphatic hydroxyl groups is 1. The van der Waals surface area contributed by atoms with Gasteiger partial charge in [0.15, 0.2) is 0 Å². The summed E-state index contributed by atoms with van der Waals surface area (Å²) >= 11 is 0. The predicted molar refractivity (Wildman–Crippen MR) is 68.9 cm³/mol. The van der Waals surface area contributed by atoms with Crippen LogP contribution >= 0.6 is 0 Å². The van der Waals surface area contributed by atoms with Crippen molar-refractivity contribution in [2.75, 3.05) is 6.61 Å². The van der Waals surface area contributed by atoms with Crippen LogP contribution in [-0.4, -0.2) is 33.4 Å². The summed E-state index contributed by atoms with van der Waals surface area (Å²) in [7, 11) is 0. The number of nitrogens with two attached hydrogens (primary N) is 1. The molecule has 1 aromatic rings. The molecule has 0 aliphatic carbocycles. The van der Waals surface area contributed by atoms with E-state index in [9.17, 15) is 9.59 Å². The fourth-order valence-corrected chi connectivity index (χ4v) is 2.29. The van der Waals surface area contributed by atoms with Gasteiger partial charge in [0, 0.05) is 24.2 Å². The Labute approximate surface area is 110 Å². The van der Waals surface area contributed by atoms with Crippen LogP contribution in [-0.2, 0) is 11.2 Å². The second-order valence-electron chi connectivity index (χ2n) is 4.78. The third-order valence-electron chi connectivity index (χ3n) is 3.33. The zero-order valence-corrected chi connectivity index (χ0v) is 10.8. The van der Waals surface area contributed by atoms with E-state index in [1.807, 2.05) is 6.92 Å². The minimum absolute atomic E-state index is 0.183. The van der Waals surface area contributed by atoms with Crippen LogP contribution in [0.4, 0.5) is 0 Å². The number of rotatable bonds is 4.